The van der Waals surface area contributed by atoms with Crippen molar-refractivity contribution >= 4 is 16.0 Å². The standard InChI is InChI=1S/C13H18N2O4S/c1-10-9-14-7-8-15(10)20(17,18)12-5-3-11(4-6-12)13(16)19-2/h3-6,10,14H,7-9H2,1-2H3/t10-/m1/s1. The van der Waals surface area contributed by atoms with Crippen molar-refractivity contribution in [3.05, 3.63) is 29.8 Å². The SMILES string of the molecule is COC(=O)c1ccc(S(=O)(=O)N2CCNC[C@H]2C)cc1. The number of hydrogen-bond acceptors (Lipinski definition) is 5. The zero-order valence-electron chi connectivity index (χ0n) is 11.5. The Balaban J connectivity index is 2.27. The molecule has 0 aliphatic carbocycles. The molecule has 1 atom stereocenters. The molecule has 0 spiro atoms. The fourth-order valence-electron chi connectivity index (χ4n) is 2.20. The highest BCUT2D eigenvalue weighted by Gasteiger charge is 2.30. The molecule has 7 heteroatoms. The Morgan fingerprint density at radius 1 is 1.35 bits per heavy atom. The smallest absolute Gasteiger partial charge is 0.337 e. The van der Waals surface area contributed by atoms with Crippen LogP contribution in [-0.4, -0.2) is 51.5 Å². The van der Waals surface area contributed by atoms with Crippen molar-refractivity contribution in [3.8, 4) is 0 Å². The van der Waals surface area contributed by atoms with E-state index >= 15 is 0 Å². The molecular weight excluding hydrogens is 280 g/mol. The van der Waals surface area contributed by atoms with Crippen LogP contribution in [0.4, 0.5) is 0 Å². The van der Waals surface area contributed by atoms with Crippen LogP contribution in [0, 0.1) is 0 Å². The van der Waals surface area contributed by atoms with Gasteiger partial charge in [-0.3, -0.25) is 0 Å². The van der Waals surface area contributed by atoms with Crippen LogP contribution in [0.1, 0.15) is 17.3 Å². The third-order valence-corrected chi connectivity index (χ3v) is 5.35. The fourth-order valence-corrected chi connectivity index (χ4v) is 3.83. The van der Waals surface area contributed by atoms with E-state index in [4.69, 9.17) is 0 Å². The molecule has 0 saturated carbocycles. The van der Waals surface area contributed by atoms with Crippen molar-refractivity contribution < 1.29 is 17.9 Å². The Bertz CT molecular complexity index is 583. The number of ether oxygens (including phenoxy) is 1. The molecule has 1 aliphatic rings. The molecule has 0 amide bonds. The lowest BCUT2D eigenvalue weighted by Crippen LogP contribution is -2.52. The number of piperazine rings is 1. The monoisotopic (exact) mass is 298 g/mol. The number of rotatable bonds is 3. The van der Waals surface area contributed by atoms with E-state index in [-0.39, 0.29) is 10.9 Å². The van der Waals surface area contributed by atoms with E-state index in [9.17, 15) is 13.2 Å². The Hall–Kier alpha value is -1.44. The second kappa shape index (κ2) is 5.90. The highest BCUT2D eigenvalue weighted by molar-refractivity contribution is 7.89. The van der Waals surface area contributed by atoms with Crippen LogP contribution >= 0.6 is 0 Å². The van der Waals surface area contributed by atoms with Gasteiger partial charge in [0.25, 0.3) is 0 Å². The first-order valence-electron chi connectivity index (χ1n) is 6.38. The number of hydrogen-bond donors (Lipinski definition) is 1. The third kappa shape index (κ3) is 2.84. The zero-order chi connectivity index (χ0) is 14.8. The lowest BCUT2D eigenvalue weighted by atomic mass is 10.2. The number of carbonyl (C=O) groups excluding carboxylic acids is 1. The van der Waals surface area contributed by atoms with Crippen molar-refractivity contribution in [1.29, 1.82) is 0 Å². The number of sulfonamides is 1. The summed E-state index contributed by atoms with van der Waals surface area (Å²) in [5.74, 6) is -0.482. The molecule has 6 nitrogen and oxygen atoms in total. The lowest BCUT2D eigenvalue weighted by molar-refractivity contribution is 0.0600. The van der Waals surface area contributed by atoms with Crippen LogP contribution in [-0.2, 0) is 14.8 Å². The minimum Gasteiger partial charge on any atom is -0.465 e. The maximum absolute atomic E-state index is 12.5. The highest BCUT2D eigenvalue weighted by atomic mass is 32.2. The first-order chi connectivity index (χ1) is 9.46. The average molecular weight is 298 g/mol. The maximum atomic E-state index is 12.5. The molecule has 1 aromatic rings. The summed E-state index contributed by atoms with van der Waals surface area (Å²) >= 11 is 0. The molecule has 1 heterocycles. The molecule has 20 heavy (non-hydrogen) atoms. The second-order valence-corrected chi connectivity index (χ2v) is 6.58. The Morgan fingerprint density at radius 3 is 2.55 bits per heavy atom. The number of nitrogens with one attached hydrogen (secondary N) is 1. The number of carbonyl (C=O) groups is 1. The van der Waals surface area contributed by atoms with Crippen LogP contribution in [0.3, 0.4) is 0 Å². The van der Waals surface area contributed by atoms with Gasteiger partial charge in [0.1, 0.15) is 0 Å². The summed E-state index contributed by atoms with van der Waals surface area (Å²) in [7, 11) is -2.23. The van der Waals surface area contributed by atoms with Gasteiger partial charge in [0.15, 0.2) is 0 Å². The van der Waals surface area contributed by atoms with E-state index in [2.05, 4.69) is 10.1 Å². The number of esters is 1. The molecule has 110 valence electrons. The Morgan fingerprint density at radius 2 is 2.00 bits per heavy atom. The molecule has 0 radical (unpaired) electrons. The van der Waals surface area contributed by atoms with Gasteiger partial charge in [0.05, 0.1) is 17.6 Å². The van der Waals surface area contributed by atoms with Crippen LogP contribution in [0.15, 0.2) is 29.2 Å². The predicted molar refractivity (Wildman–Crippen MR) is 74.0 cm³/mol. The van der Waals surface area contributed by atoms with Crippen molar-refractivity contribution in [2.24, 2.45) is 0 Å². The molecule has 0 unspecified atom stereocenters. The minimum absolute atomic E-state index is 0.0889. The molecule has 1 aromatic carbocycles. The van der Waals surface area contributed by atoms with Gasteiger partial charge in [0, 0.05) is 25.7 Å². The first kappa shape index (κ1) is 15.0. The number of methoxy groups -OCH3 is 1. The maximum Gasteiger partial charge on any atom is 0.337 e. The predicted octanol–water partition coefficient (Wildman–Crippen LogP) is 0.456. The van der Waals surface area contributed by atoms with Crippen molar-refractivity contribution in [1.82, 2.24) is 9.62 Å². The van der Waals surface area contributed by atoms with Gasteiger partial charge in [0.2, 0.25) is 10.0 Å². The van der Waals surface area contributed by atoms with E-state index in [1.807, 2.05) is 6.92 Å². The Kier molecular flexibility index (Phi) is 4.42. The minimum atomic E-state index is -3.52. The van der Waals surface area contributed by atoms with Crippen molar-refractivity contribution in [2.45, 2.75) is 17.9 Å². The largest absolute Gasteiger partial charge is 0.465 e. The van der Waals surface area contributed by atoms with Crippen molar-refractivity contribution in [3.63, 3.8) is 0 Å². The molecule has 0 bridgehead atoms. The van der Waals surface area contributed by atoms with Gasteiger partial charge >= 0.3 is 5.97 Å². The summed E-state index contributed by atoms with van der Waals surface area (Å²) < 4.78 is 31.1. The molecule has 2 rings (SSSR count). The lowest BCUT2D eigenvalue weighted by Gasteiger charge is -2.32. The van der Waals surface area contributed by atoms with Crippen LogP contribution < -0.4 is 5.32 Å². The average Bonchev–Trinajstić information content (AvgIpc) is 2.47. The zero-order valence-corrected chi connectivity index (χ0v) is 12.3. The summed E-state index contributed by atoms with van der Waals surface area (Å²) in [6.45, 7) is 3.60. The summed E-state index contributed by atoms with van der Waals surface area (Å²) in [4.78, 5) is 11.5. The summed E-state index contributed by atoms with van der Waals surface area (Å²) in [5.41, 5.74) is 0.333. The molecular formula is C13H18N2O4S. The normalized spacial score (nSPS) is 20.6. The molecule has 0 aromatic heterocycles. The molecule has 1 aliphatic heterocycles. The van der Waals surface area contributed by atoms with Gasteiger partial charge in [-0.15, -0.1) is 0 Å². The van der Waals surface area contributed by atoms with Gasteiger partial charge < -0.3 is 10.1 Å². The summed E-state index contributed by atoms with van der Waals surface area (Å²) in [6.07, 6.45) is 0. The van der Waals surface area contributed by atoms with Crippen LogP contribution in [0.2, 0.25) is 0 Å². The summed E-state index contributed by atoms with van der Waals surface area (Å²) in [6, 6.07) is 5.72. The van der Waals surface area contributed by atoms with E-state index in [0.29, 0.717) is 25.2 Å². The molecule has 1 fully saturated rings. The quantitative estimate of drug-likeness (QED) is 0.820. The van der Waals surface area contributed by atoms with E-state index in [1.54, 1.807) is 0 Å². The fraction of sp³-hybridized carbons (Fsp3) is 0.462. The van der Waals surface area contributed by atoms with Crippen LogP contribution in [0.25, 0.3) is 0 Å². The Labute approximate surface area is 118 Å². The van der Waals surface area contributed by atoms with E-state index in [1.165, 1.54) is 35.7 Å². The summed E-state index contributed by atoms with van der Waals surface area (Å²) in [5, 5.41) is 3.15. The van der Waals surface area contributed by atoms with Gasteiger partial charge in [-0.2, -0.15) is 4.31 Å². The second-order valence-electron chi connectivity index (χ2n) is 4.68. The first-order valence-corrected chi connectivity index (χ1v) is 7.82. The molecule has 1 saturated heterocycles. The number of nitrogens with zero attached hydrogens (tertiary/aromatic N) is 1. The van der Waals surface area contributed by atoms with Crippen LogP contribution in [0.5, 0.6) is 0 Å². The van der Waals surface area contributed by atoms with Gasteiger partial charge in [-0.25, -0.2) is 13.2 Å². The number of benzene rings is 1. The third-order valence-electron chi connectivity index (χ3n) is 3.32. The highest BCUT2D eigenvalue weighted by Crippen LogP contribution is 2.20. The van der Waals surface area contributed by atoms with Gasteiger partial charge in [-0.05, 0) is 31.2 Å². The topological polar surface area (TPSA) is 75.7 Å². The van der Waals surface area contributed by atoms with Crippen molar-refractivity contribution in [2.75, 3.05) is 26.7 Å². The van der Waals surface area contributed by atoms with E-state index < -0.39 is 16.0 Å². The van der Waals surface area contributed by atoms with E-state index in [0.717, 1.165) is 0 Å². The molecule has 1 N–H and O–H groups in total. The van der Waals surface area contributed by atoms with Gasteiger partial charge in [-0.1, -0.05) is 0 Å².